The summed E-state index contributed by atoms with van der Waals surface area (Å²) in [6.07, 6.45) is 1.94. The molecule has 0 aliphatic carbocycles. The molecule has 0 rings (SSSR count). The van der Waals surface area contributed by atoms with E-state index in [1.54, 1.807) is 32.1 Å². The van der Waals surface area contributed by atoms with E-state index in [0.717, 1.165) is 0 Å². The van der Waals surface area contributed by atoms with Gasteiger partial charge < -0.3 is 4.90 Å². The summed E-state index contributed by atoms with van der Waals surface area (Å²) in [5, 5.41) is 0. The maximum Gasteiger partial charge on any atom is 0.167 e. The van der Waals surface area contributed by atoms with Gasteiger partial charge in [-0.15, -0.1) is 0 Å². The lowest BCUT2D eigenvalue weighted by Crippen LogP contribution is -2.13. The lowest BCUT2D eigenvalue weighted by molar-refractivity contribution is -0.120. The second-order valence-corrected chi connectivity index (χ2v) is 2.84. The van der Waals surface area contributed by atoms with Gasteiger partial charge in [0.15, 0.2) is 11.6 Å². The first-order valence-corrected chi connectivity index (χ1v) is 3.91. The van der Waals surface area contributed by atoms with Gasteiger partial charge in [0.05, 0.1) is 5.57 Å². The molecule has 0 fully saturated rings. The third-order valence-electron chi connectivity index (χ3n) is 1.39. The van der Waals surface area contributed by atoms with Crippen LogP contribution in [0.15, 0.2) is 11.8 Å². The van der Waals surface area contributed by atoms with E-state index in [9.17, 15) is 9.59 Å². The van der Waals surface area contributed by atoms with Gasteiger partial charge in [-0.25, -0.2) is 0 Å². The number of hydrogen-bond donors (Lipinski definition) is 0. The molecule has 0 bridgehead atoms. The van der Waals surface area contributed by atoms with Crippen molar-refractivity contribution in [2.75, 3.05) is 14.1 Å². The molecule has 0 radical (unpaired) electrons. The molecule has 0 aromatic carbocycles. The van der Waals surface area contributed by atoms with Gasteiger partial charge >= 0.3 is 0 Å². The third-order valence-corrected chi connectivity index (χ3v) is 1.39. The fraction of sp³-hybridized carbons (Fsp3) is 0.556. The summed E-state index contributed by atoms with van der Waals surface area (Å²) in [6.45, 7) is 3.15. The van der Waals surface area contributed by atoms with Crippen molar-refractivity contribution in [3.05, 3.63) is 11.8 Å². The van der Waals surface area contributed by atoms with Crippen LogP contribution in [0.4, 0.5) is 0 Å². The van der Waals surface area contributed by atoms with Crippen molar-refractivity contribution in [3.63, 3.8) is 0 Å². The number of hydrogen-bond acceptors (Lipinski definition) is 3. The molecule has 0 unspecified atom stereocenters. The molecule has 0 amide bonds. The molecule has 3 heteroatoms. The molecule has 0 aromatic rings. The minimum atomic E-state index is -0.171. The van der Waals surface area contributed by atoms with Gasteiger partial charge in [-0.2, -0.15) is 0 Å². The predicted octanol–water partition coefficient (Wildman–Crippen LogP) is 1.00. The first-order valence-electron chi connectivity index (χ1n) is 3.91. The standard InChI is InChI=1S/C9H15NO2/c1-5-9(12)8(7(2)11)6-10(3)4/h6H,5H2,1-4H3/b8-6+. The van der Waals surface area contributed by atoms with Gasteiger partial charge in [0, 0.05) is 26.7 Å². The largest absolute Gasteiger partial charge is 0.383 e. The molecule has 0 aliphatic heterocycles. The lowest BCUT2D eigenvalue weighted by Gasteiger charge is -2.07. The summed E-state index contributed by atoms with van der Waals surface area (Å²) in [5.74, 6) is -0.272. The molecule has 0 atom stereocenters. The monoisotopic (exact) mass is 169 g/mol. The fourth-order valence-electron chi connectivity index (χ4n) is 0.808. The molecule has 0 N–H and O–H groups in total. The predicted molar refractivity (Wildman–Crippen MR) is 47.7 cm³/mol. The topological polar surface area (TPSA) is 37.4 Å². The average Bonchev–Trinajstić information content (AvgIpc) is 1.98. The van der Waals surface area contributed by atoms with E-state index in [2.05, 4.69) is 0 Å². The Kier molecular flexibility index (Phi) is 4.26. The van der Waals surface area contributed by atoms with E-state index in [1.807, 2.05) is 0 Å². The van der Waals surface area contributed by atoms with Crippen LogP contribution in [-0.4, -0.2) is 30.6 Å². The van der Waals surface area contributed by atoms with Crippen LogP contribution < -0.4 is 0 Å². The van der Waals surface area contributed by atoms with Gasteiger partial charge in [-0.1, -0.05) is 6.92 Å². The summed E-state index contributed by atoms with van der Waals surface area (Å²) in [4.78, 5) is 23.8. The fourth-order valence-corrected chi connectivity index (χ4v) is 0.808. The third kappa shape index (κ3) is 3.32. The number of ketones is 2. The molecular weight excluding hydrogens is 154 g/mol. The van der Waals surface area contributed by atoms with Crippen LogP contribution in [0, 0.1) is 0 Å². The first kappa shape index (κ1) is 10.9. The van der Waals surface area contributed by atoms with Gasteiger partial charge in [-0.05, 0) is 6.92 Å². The number of nitrogens with zero attached hydrogens (tertiary/aromatic N) is 1. The van der Waals surface area contributed by atoms with Crippen molar-refractivity contribution < 1.29 is 9.59 Å². The van der Waals surface area contributed by atoms with Crippen molar-refractivity contribution in [2.24, 2.45) is 0 Å². The van der Waals surface area contributed by atoms with E-state index in [1.165, 1.54) is 6.92 Å². The maximum atomic E-state index is 11.2. The summed E-state index contributed by atoms with van der Waals surface area (Å²) in [5.41, 5.74) is 0.280. The summed E-state index contributed by atoms with van der Waals surface area (Å²) in [7, 11) is 3.57. The van der Waals surface area contributed by atoms with Crippen LogP contribution in [-0.2, 0) is 9.59 Å². The molecule has 0 aromatic heterocycles. The van der Waals surface area contributed by atoms with Crippen molar-refractivity contribution in [1.82, 2.24) is 4.90 Å². The lowest BCUT2D eigenvalue weighted by atomic mass is 10.1. The van der Waals surface area contributed by atoms with Gasteiger partial charge in [0.25, 0.3) is 0 Å². The highest BCUT2D eigenvalue weighted by Gasteiger charge is 2.11. The van der Waals surface area contributed by atoms with E-state index >= 15 is 0 Å². The van der Waals surface area contributed by atoms with Gasteiger partial charge in [0.2, 0.25) is 0 Å². The van der Waals surface area contributed by atoms with Gasteiger partial charge in [-0.3, -0.25) is 9.59 Å². The Morgan fingerprint density at radius 2 is 1.83 bits per heavy atom. The zero-order valence-corrected chi connectivity index (χ0v) is 8.05. The van der Waals surface area contributed by atoms with E-state index < -0.39 is 0 Å². The molecule has 0 aliphatic rings. The highest BCUT2D eigenvalue weighted by Crippen LogP contribution is 2.02. The van der Waals surface area contributed by atoms with Crippen molar-refractivity contribution >= 4 is 11.6 Å². The smallest absolute Gasteiger partial charge is 0.167 e. The number of Topliss-reactive ketones (excluding diaryl/α,β-unsaturated/α-hetero) is 2. The Bertz CT molecular complexity index is 217. The second kappa shape index (κ2) is 4.70. The Hall–Kier alpha value is -1.12. The molecule has 0 spiro atoms. The molecule has 12 heavy (non-hydrogen) atoms. The quantitative estimate of drug-likeness (QED) is 0.358. The Morgan fingerprint density at radius 1 is 1.33 bits per heavy atom. The minimum absolute atomic E-state index is 0.101. The molecule has 0 heterocycles. The van der Waals surface area contributed by atoms with Crippen LogP contribution in [0.2, 0.25) is 0 Å². The van der Waals surface area contributed by atoms with Crippen LogP contribution in [0.5, 0.6) is 0 Å². The Morgan fingerprint density at radius 3 is 2.08 bits per heavy atom. The summed E-state index contributed by atoms with van der Waals surface area (Å²) < 4.78 is 0. The molecular formula is C9H15NO2. The van der Waals surface area contributed by atoms with Crippen molar-refractivity contribution in [1.29, 1.82) is 0 Å². The molecule has 0 saturated heterocycles. The SMILES string of the molecule is CCC(=O)/C(=C/N(C)C)C(C)=O. The normalized spacial score (nSPS) is 11.2. The number of rotatable bonds is 4. The average molecular weight is 169 g/mol. The highest BCUT2D eigenvalue weighted by atomic mass is 16.1. The molecule has 0 saturated carbocycles. The van der Waals surface area contributed by atoms with E-state index in [-0.39, 0.29) is 17.1 Å². The number of carbonyl (C=O) groups is 2. The van der Waals surface area contributed by atoms with Crippen LogP contribution in [0.25, 0.3) is 0 Å². The van der Waals surface area contributed by atoms with Crippen molar-refractivity contribution in [2.45, 2.75) is 20.3 Å². The summed E-state index contributed by atoms with van der Waals surface area (Å²) in [6, 6.07) is 0. The van der Waals surface area contributed by atoms with Gasteiger partial charge in [0.1, 0.15) is 0 Å². The maximum absolute atomic E-state index is 11.2. The minimum Gasteiger partial charge on any atom is -0.383 e. The Labute approximate surface area is 73.1 Å². The highest BCUT2D eigenvalue weighted by molar-refractivity contribution is 6.19. The van der Waals surface area contributed by atoms with E-state index in [0.29, 0.717) is 6.42 Å². The Balaban J connectivity index is 4.67. The zero-order chi connectivity index (χ0) is 9.72. The molecule has 3 nitrogen and oxygen atoms in total. The second-order valence-electron chi connectivity index (χ2n) is 2.84. The van der Waals surface area contributed by atoms with Crippen LogP contribution in [0.3, 0.4) is 0 Å². The van der Waals surface area contributed by atoms with Crippen LogP contribution >= 0.6 is 0 Å². The van der Waals surface area contributed by atoms with Crippen molar-refractivity contribution in [3.8, 4) is 0 Å². The summed E-state index contributed by atoms with van der Waals surface area (Å²) >= 11 is 0. The number of allylic oxidation sites excluding steroid dienone is 1. The van der Waals surface area contributed by atoms with Crippen LogP contribution in [0.1, 0.15) is 20.3 Å². The first-order chi connectivity index (χ1) is 5.49. The molecule has 68 valence electrons. The number of carbonyl (C=O) groups excluding carboxylic acids is 2. The zero-order valence-electron chi connectivity index (χ0n) is 8.05. The van der Waals surface area contributed by atoms with E-state index in [4.69, 9.17) is 0 Å².